The van der Waals surface area contributed by atoms with Gasteiger partial charge in [-0.25, -0.2) is 4.98 Å². The molecular formula is C29H45BN4O7. The summed E-state index contributed by atoms with van der Waals surface area (Å²) in [4.78, 5) is 46.0. The number of nitrogens with zero attached hydrogens (tertiary/aromatic N) is 2. The van der Waals surface area contributed by atoms with E-state index in [0.717, 1.165) is 12.8 Å². The van der Waals surface area contributed by atoms with E-state index >= 15 is 0 Å². The lowest BCUT2D eigenvalue weighted by molar-refractivity contribution is -0.199. The molecule has 2 bridgehead atoms. The first kappa shape index (κ1) is 30.0. The molecule has 3 saturated carbocycles. The number of hydrogen-bond acceptors (Lipinski definition) is 8. The second-order valence-electron chi connectivity index (χ2n) is 13.5. The van der Waals surface area contributed by atoms with E-state index in [-0.39, 0.29) is 35.5 Å². The smallest absolute Gasteiger partial charge is 0.436 e. The third kappa shape index (κ3) is 5.79. The minimum Gasteiger partial charge on any atom is -0.436 e. The quantitative estimate of drug-likeness (QED) is 0.432. The van der Waals surface area contributed by atoms with Gasteiger partial charge in [0.15, 0.2) is 5.89 Å². The van der Waals surface area contributed by atoms with E-state index in [0.29, 0.717) is 56.1 Å². The maximum Gasteiger partial charge on any atom is 0.481 e. The fraction of sp³-hybridized carbons (Fsp3) is 0.793. The highest BCUT2D eigenvalue weighted by Gasteiger charge is 2.68. The molecule has 41 heavy (non-hydrogen) atoms. The van der Waals surface area contributed by atoms with Gasteiger partial charge in [-0.15, -0.1) is 0 Å². The van der Waals surface area contributed by atoms with Crippen LogP contribution in [0.15, 0.2) is 4.42 Å². The van der Waals surface area contributed by atoms with Crippen LogP contribution in [0.4, 0.5) is 0 Å². The molecular weight excluding hydrogens is 527 g/mol. The van der Waals surface area contributed by atoms with Crippen molar-refractivity contribution in [1.82, 2.24) is 20.5 Å². The summed E-state index contributed by atoms with van der Waals surface area (Å²) in [6.45, 7) is 16.0. The number of ether oxygens (including phenoxy) is 1. The highest BCUT2D eigenvalue weighted by Crippen LogP contribution is 2.65. The van der Waals surface area contributed by atoms with Gasteiger partial charge in [0.2, 0.25) is 17.6 Å². The molecule has 6 rings (SSSR count). The molecule has 1 aromatic rings. The predicted molar refractivity (Wildman–Crippen MR) is 151 cm³/mol. The van der Waals surface area contributed by atoms with E-state index < -0.39 is 36.5 Å². The second-order valence-corrected chi connectivity index (χ2v) is 13.5. The van der Waals surface area contributed by atoms with Crippen molar-refractivity contribution in [2.24, 2.45) is 23.2 Å². The van der Waals surface area contributed by atoms with Gasteiger partial charge in [-0.05, 0) is 56.3 Å². The minimum absolute atomic E-state index is 0.0214. The predicted octanol–water partition coefficient (Wildman–Crippen LogP) is 2.44. The third-order valence-electron chi connectivity index (χ3n) is 9.82. The molecule has 0 aromatic carbocycles. The van der Waals surface area contributed by atoms with Crippen molar-refractivity contribution in [3.8, 4) is 0 Å². The standard InChI is InChI=1S/C29H45BN4O7/c1-16(2)12-23(30-40-22-14-19-13-21(28(19,5)6)29(22,7)41-30)33-26(36)20(15-24(35)34-8-10-38-11-9-34)32-27(37)25-17(3)31-18(4)39-25/h16,19-23H,8-15H2,1-7H3,(H,32,37)(H,33,36)/t19-,20+,21-,22+,23-,29-/m0/s1. The Morgan fingerprint density at radius 2 is 1.80 bits per heavy atom. The van der Waals surface area contributed by atoms with Crippen molar-refractivity contribution in [2.75, 3.05) is 26.3 Å². The van der Waals surface area contributed by atoms with Crippen molar-refractivity contribution in [3.63, 3.8) is 0 Å². The van der Waals surface area contributed by atoms with Crippen molar-refractivity contribution < 1.29 is 32.8 Å². The van der Waals surface area contributed by atoms with E-state index in [1.165, 1.54) is 0 Å². The van der Waals surface area contributed by atoms with E-state index in [1.54, 1.807) is 18.7 Å². The number of carbonyl (C=O) groups is 3. The first-order valence-electron chi connectivity index (χ1n) is 15.0. The number of carbonyl (C=O) groups excluding carboxylic acids is 3. The number of amides is 3. The fourth-order valence-corrected chi connectivity index (χ4v) is 7.39. The Hall–Kier alpha value is -2.44. The van der Waals surface area contributed by atoms with Gasteiger partial charge in [0.25, 0.3) is 5.91 Å². The van der Waals surface area contributed by atoms with E-state index in [1.807, 2.05) is 0 Å². The Morgan fingerprint density at radius 1 is 1.10 bits per heavy atom. The average molecular weight is 573 g/mol. The molecule has 2 aliphatic heterocycles. The van der Waals surface area contributed by atoms with Crippen LogP contribution < -0.4 is 10.6 Å². The Bertz CT molecular complexity index is 1170. The van der Waals surface area contributed by atoms with Crippen LogP contribution >= 0.6 is 0 Å². The van der Waals surface area contributed by atoms with E-state index in [2.05, 4.69) is 50.2 Å². The van der Waals surface area contributed by atoms with Crippen LogP contribution in [-0.2, 0) is 23.6 Å². The van der Waals surface area contributed by atoms with Gasteiger partial charge >= 0.3 is 7.12 Å². The van der Waals surface area contributed by atoms with Crippen molar-refractivity contribution in [2.45, 2.75) is 97.8 Å². The zero-order chi connectivity index (χ0) is 29.7. The number of aryl methyl sites for hydroxylation is 2. The molecule has 11 nitrogen and oxygen atoms in total. The molecule has 3 amide bonds. The van der Waals surface area contributed by atoms with Crippen molar-refractivity contribution in [3.05, 3.63) is 17.3 Å². The molecule has 2 N–H and O–H groups in total. The molecule has 5 aliphatic rings. The number of hydrogen-bond donors (Lipinski definition) is 2. The zero-order valence-corrected chi connectivity index (χ0v) is 25.5. The summed E-state index contributed by atoms with van der Waals surface area (Å²) in [5.41, 5.74) is 0.207. The van der Waals surface area contributed by atoms with Crippen LogP contribution in [-0.4, -0.2) is 84.7 Å². The number of morpholine rings is 1. The summed E-state index contributed by atoms with van der Waals surface area (Å²) in [6, 6.07) is -1.12. The molecule has 6 atom stereocenters. The molecule has 3 aliphatic carbocycles. The summed E-state index contributed by atoms with van der Waals surface area (Å²) >= 11 is 0. The van der Waals surface area contributed by atoms with Gasteiger partial charge in [0.05, 0.1) is 43.0 Å². The van der Waals surface area contributed by atoms with Crippen molar-refractivity contribution in [1.29, 1.82) is 0 Å². The van der Waals surface area contributed by atoms with Gasteiger partial charge < -0.3 is 34.0 Å². The molecule has 12 heteroatoms. The fourth-order valence-electron chi connectivity index (χ4n) is 7.39. The molecule has 1 aromatic heterocycles. The van der Waals surface area contributed by atoms with Gasteiger partial charge in [0.1, 0.15) is 6.04 Å². The van der Waals surface area contributed by atoms with Crippen LogP contribution in [0, 0.1) is 37.0 Å². The average Bonchev–Trinajstić information content (AvgIpc) is 3.45. The molecule has 0 unspecified atom stereocenters. The molecule has 3 heterocycles. The van der Waals surface area contributed by atoms with Crippen molar-refractivity contribution >= 4 is 24.8 Å². The number of aromatic nitrogens is 1. The molecule has 5 fully saturated rings. The summed E-state index contributed by atoms with van der Waals surface area (Å²) in [6.07, 6.45) is 2.49. The van der Waals surface area contributed by atoms with E-state index in [4.69, 9.17) is 18.5 Å². The zero-order valence-electron chi connectivity index (χ0n) is 25.5. The van der Waals surface area contributed by atoms with E-state index in [9.17, 15) is 14.4 Å². The van der Waals surface area contributed by atoms with Gasteiger partial charge in [-0.3, -0.25) is 14.4 Å². The summed E-state index contributed by atoms with van der Waals surface area (Å²) in [5.74, 6) is -0.1000. The lowest BCUT2D eigenvalue weighted by atomic mass is 9.43. The topological polar surface area (TPSA) is 132 Å². The normalized spacial score (nSPS) is 29.9. The SMILES string of the molecule is Cc1nc(C)c(C(=O)N[C@H](CC(=O)N2CCOCC2)C(=O)N[C@@H](CC(C)C)B2O[C@@H]3C[C@@H]4C[C@@H](C4(C)C)[C@]3(C)O2)o1. The second kappa shape index (κ2) is 11.3. The summed E-state index contributed by atoms with van der Waals surface area (Å²) in [5, 5.41) is 5.85. The first-order valence-corrected chi connectivity index (χ1v) is 15.0. The third-order valence-corrected chi connectivity index (χ3v) is 9.82. The van der Waals surface area contributed by atoms with Crippen LogP contribution in [0.5, 0.6) is 0 Å². The number of rotatable bonds is 9. The summed E-state index contributed by atoms with van der Waals surface area (Å²) in [7, 11) is -0.614. The van der Waals surface area contributed by atoms with Gasteiger partial charge in [-0.2, -0.15) is 0 Å². The van der Waals surface area contributed by atoms with Gasteiger partial charge in [0, 0.05) is 20.0 Å². The molecule has 226 valence electrons. The Balaban J connectivity index is 1.33. The highest BCUT2D eigenvalue weighted by atomic mass is 16.7. The maximum atomic E-state index is 13.9. The lowest BCUT2D eigenvalue weighted by Crippen LogP contribution is -2.65. The maximum absolute atomic E-state index is 13.9. The molecule has 2 saturated heterocycles. The molecule has 0 spiro atoms. The Kier molecular flexibility index (Phi) is 8.30. The molecule has 0 radical (unpaired) electrons. The number of nitrogens with one attached hydrogen (secondary N) is 2. The van der Waals surface area contributed by atoms with Gasteiger partial charge in [-0.1, -0.05) is 27.7 Å². The summed E-state index contributed by atoms with van der Waals surface area (Å²) < 4.78 is 24.1. The van der Waals surface area contributed by atoms with Crippen LogP contribution in [0.25, 0.3) is 0 Å². The monoisotopic (exact) mass is 572 g/mol. The minimum atomic E-state index is -1.12. The first-order chi connectivity index (χ1) is 19.3. The lowest BCUT2D eigenvalue weighted by Gasteiger charge is -2.64. The van der Waals surface area contributed by atoms with Crippen LogP contribution in [0.1, 0.15) is 82.4 Å². The highest BCUT2D eigenvalue weighted by molar-refractivity contribution is 6.48. The number of oxazole rings is 1. The Morgan fingerprint density at radius 3 is 2.41 bits per heavy atom. The van der Waals surface area contributed by atoms with Crippen LogP contribution in [0.3, 0.4) is 0 Å². The van der Waals surface area contributed by atoms with Crippen LogP contribution in [0.2, 0.25) is 0 Å². The Labute approximate surface area is 242 Å². The largest absolute Gasteiger partial charge is 0.481 e.